The topological polar surface area (TPSA) is 38.7 Å². The first-order chi connectivity index (χ1) is 31.6. The van der Waals surface area contributed by atoms with Gasteiger partial charge in [0.2, 0.25) is 0 Å². The summed E-state index contributed by atoms with van der Waals surface area (Å²) >= 11 is 0. The van der Waals surface area contributed by atoms with Gasteiger partial charge in [0.25, 0.3) is 0 Å². The largest absolute Gasteiger partial charge is 0.208 e. The van der Waals surface area contributed by atoms with Crippen molar-refractivity contribution in [2.75, 3.05) is 0 Å². The second-order valence-corrected chi connectivity index (χ2v) is 24.1. The Hall–Kier alpha value is -6.75. The Balaban J connectivity index is 0.880. The van der Waals surface area contributed by atoms with Gasteiger partial charge in [-0.2, -0.15) is 0 Å². The van der Waals surface area contributed by atoms with Crippen molar-refractivity contribution in [3.63, 3.8) is 0 Å². The van der Waals surface area contributed by atoms with Crippen molar-refractivity contribution in [1.82, 2.24) is 15.0 Å². The van der Waals surface area contributed by atoms with E-state index in [-0.39, 0.29) is 5.41 Å². The summed E-state index contributed by atoms with van der Waals surface area (Å²) in [5, 5.41) is 5.80. The summed E-state index contributed by atoms with van der Waals surface area (Å²) in [7, 11) is -2.17. The quantitative estimate of drug-likeness (QED) is 0.162. The van der Waals surface area contributed by atoms with Crippen molar-refractivity contribution in [1.29, 1.82) is 0 Å². The maximum atomic E-state index is 5.32. The molecule has 1 spiro atoms. The Morgan fingerprint density at radius 3 is 1.92 bits per heavy atom. The van der Waals surface area contributed by atoms with E-state index in [1.807, 2.05) is 11.3 Å². The van der Waals surface area contributed by atoms with Crippen LogP contribution in [0, 0.1) is 23.7 Å². The van der Waals surface area contributed by atoms with Crippen molar-refractivity contribution in [3.8, 4) is 78.7 Å². The van der Waals surface area contributed by atoms with E-state index < -0.39 is 8.07 Å². The third kappa shape index (κ3) is 4.49. The maximum Gasteiger partial charge on any atom is 0.164 e. The monoisotopic (exact) mass is 835 g/mol. The highest BCUT2D eigenvalue weighted by atomic mass is 28.3. The molecule has 0 N–H and O–H groups in total. The number of nitrogens with zero attached hydrogens (tertiary/aromatic N) is 3. The molecule has 8 aromatic carbocycles. The van der Waals surface area contributed by atoms with Gasteiger partial charge in [0.15, 0.2) is 17.5 Å². The van der Waals surface area contributed by atoms with Crippen molar-refractivity contribution < 1.29 is 0 Å². The minimum atomic E-state index is -2.17. The van der Waals surface area contributed by atoms with Gasteiger partial charge in [-0.15, -0.1) is 0 Å². The van der Waals surface area contributed by atoms with Gasteiger partial charge in [0.1, 0.15) is 8.07 Å². The van der Waals surface area contributed by atoms with Gasteiger partial charge in [-0.3, -0.25) is 0 Å². The van der Waals surface area contributed by atoms with Crippen LogP contribution in [-0.2, 0) is 5.41 Å². The molecule has 64 heavy (non-hydrogen) atoms. The van der Waals surface area contributed by atoms with Gasteiger partial charge >= 0.3 is 0 Å². The molecular formula is C60H45N3Si. The maximum absolute atomic E-state index is 5.32. The third-order valence-electron chi connectivity index (χ3n) is 17.3. The van der Waals surface area contributed by atoms with Crippen LogP contribution < -0.4 is 10.4 Å². The van der Waals surface area contributed by atoms with Gasteiger partial charge in [0, 0.05) is 22.1 Å². The third-order valence-corrected chi connectivity index (χ3v) is 22.6. The summed E-state index contributed by atoms with van der Waals surface area (Å²) < 4.78 is 0. The van der Waals surface area contributed by atoms with E-state index in [0.29, 0.717) is 17.5 Å². The van der Waals surface area contributed by atoms with Crippen molar-refractivity contribution in [2.24, 2.45) is 23.7 Å². The zero-order valence-electron chi connectivity index (χ0n) is 35.8. The lowest BCUT2D eigenvalue weighted by Crippen LogP contribution is -2.73. The molecule has 3 nitrogen and oxygen atoms in total. The summed E-state index contributed by atoms with van der Waals surface area (Å²) in [6, 6.07) is 65.2. The molecule has 0 saturated heterocycles. The number of fused-ring (bicyclic) bond motifs is 6. The summed E-state index contributed by atoms with van der Waals surface area (Å²) in [4.78, 5) is 15.7. The molecule has 7 atom stereocenters. The van der Waals surface area contributed by atoms with Crippen molar-refractivity contribution in [2.45, 2.75) is 43.2 Å². The predicted molar refractivity (Wildman–Crippen MR) is 263 cm³/mol. The van der Waals surface area contributed by atoms with Gasteiger partial charge in [-0.25, -0.2) is 15.0 Å². The first-order valence-electron chi connectivity index (χ1n) is 23.5. The normalized spacial score (nSPS) is 25.6. The zero-order chi connectivity index (χ0) is 41.9. The summed E-state index contributed by atoms with van der Waals surface area (Å²) in [6.45, 7) is 2.81. The van der Waals surface area contributed by atoms with E-state index in [1.165, 1.54) is 64.5 Å². The Kier molecular flexibility index (Phi) is 7.08. The molecule has 9 aromatic rings. The van der Waals surface area contributed by atoms with Crippen LogP contribution in [0.15, 0.2) is 176 Å². The molecule has 4 heteroatoms. The highest BCUT2D eigenvalue weighted by Gasteiger charge is 2.73. The number of hydrogen-bond donors (Lipinski definition) is 0. The van der Waals surface area contributed by atoms with Crippen LogP contribution in [0.25, 0.3) is 89.4 Å². The van der Waals surface area contributed by atoms with Gasteiger partial charge in [-0.05, 0) is 144 Å². The highest BCUT2D eigenvalue weighted by molar-refractivity contribution is 7.06. The van der Waals surface area contributed by atoms with E-state index >= 15 is 0 Å². The summed E-state index contributed by atoms with van der Waals surface area (Å²) in [5.41, 5.74) is 18.5. The second kappa shape index (κ2) is 12.7. The average Bonchev–Trinajstić information content (AvgIpc) is 3.79. The van der Waals surface area contributed by atoms with E-state index in [2.05, 4.69) is 176 Å². The molecule has 4 fully saturated rings. The van der Waals surface area contributed by atoms with Gasteiger partial charge in [0.05, 0.1) is 0 Å². The van der Waals surface area contributed by atoms with E-state index in [1.54, 1.807) is 27.4 Å². The number of benzene rings is 8. The van der Waals surface area contributed by atoms with Crippen LogP contribution in [0.2, 0.25) is 12.1 Å². The molecule has 7 unspecified atom stereocenters. The molecule has 2 aliphatic heterocycles. The fourth-order valence-electron chi connectivity index (χ4n) is 15.3. The Morgan fingerprint density at radius 1 is 0.453 bits per heavy atom. The Labute approximate surface area is 375 Å². The first-order valence-corrected chi connectivity index (χ1v) is 26.1. The Bertz CT molecular complexity index is 3470. The molecule has 5 aliphatic carbocycles. The zero-order valence-corrected chi connectivity index (χ0v) is 36.8. The van der Waals surface area contributed by atoms with E-state index in [9.17, 15) is 0 Å². The molecule has 4 saturated carbocycles. The lowest BCUT2D eigenvalue weighted by atomic mass is 9.42. The van der Waals surface area contributed by atoms with Crippen LogP contribution in [0.4, 0.5) is 0 Å². The second-order valence-electron chi connectivity index (χ2n) is 20.0. The molecule has 0 amide bonds. The van der Waals surface area contributed by atoms with Crippen LogP contribution in [-0.4, -0.2) is 23.0 Å². The van der Waals surface area contributed by atoms with Crippen molar-refractivity contribution in [3.05, 3.63) is 187 Å². The van der Waals surface area contributed by atoms with Crippen LogP contribution >= 0.6 is 0 Å². The molecule has 16 rings (SSSR count). The smallest absolute Gasteiger partial charge is 0.164 e. The lowest BCUT2D eigenvalue weighted by molar-refractivity contribution is -0.0432. The van der Waals surface area contributed by atoms with Crippen molar-refractivity contribution >= 4 is 29.2 Å². The molecule has 7 aliphatic rings. The minimum absolute atomic E-state index is 0.208. The van der Waals surface area contributed by atoms with E-state index in [0.717, 1.165) is 51.3 Å². The molecule has 3 heterocycles. The fraction of sp³-hybridized carbons (Fsp3) is 0.183. The standard InChI is InChI=1S/C60H45N3Si/c1-64-53-34-39(23-24-47(53)49-27-26-48-46-21-10-11-22-51(46)60(54(48)56(49)64)42-30-35-29-41(33-42)55(64)52(60)31-35)38-17-12-18-40(32-38)58-61-57(37-15-6-3-7-16-37)62-59(63-58)50-28-25-43(36-13-4-2-5-14-36)44-19-8-9-20-45(44)50/h2-28,32,34-35,41-42,52,55H,29-31,33H2,1H3. The van der Waals surface area contributed by atoms with E-state index in [4.69, 9.17) is 15.0 Å². The average molecular weight is 836 g/mol. The molecule has 6 bridgehead atoms. The number of rotatable bonds is 5. The number of aromatic nitrogens is 3. The van der Waals surface area contributed by atoms with Crippen LogP contribution in [0.1, 0.15) is 36.8 Å². The Morgan fingerprint density at radius 2 is 1.08 bits per heavy atom. The fourth-order valence-corrected chi connectivity index (χ4v) is 21.5. The van der Waals surface area contributed by atoms with Gasteiger partial charge < -0.3 is 0 Å². The predicted octanol–water partition coefficient (Wildman–Crippen LogP) is 13.2. The summed E-state index contributed by atoms with van der Waals surface area (Å²) in [5.74, 6) is 5.34. The highest BCUT2D eigenvalue weighted by Crippen LogP contribution is 2.76. The first kappa shape index (κ1) is 35.7. The molecule has 1 aromatic heterocycles. The minimum Gasteiger partial charge on any atom is -0.208 e. The summed E-state index contributed by atoms with van der Waals surface area (Å²) in [6.07, 6.45) is 5.71. The van der Waals surface area contributed by atoms with Crippen LogP contribution in [0.3, 0.4) is 0 Å². The van der Waals surface area contributed by atoms with Gasteiger partial charge in [-0.1, -0.05) is 170 Å². The van der Waals surface area contributed by atoms with Crippen LogP contribution in [0.5, 0.6) is 0 Å². The SMILES string of the molecule is C[Si]12c3cc(-c4cccc(-c5nc(-c6ccccc6)nc(-c6ccc(-c7ccccc7)c7ccccc67)n5)c4)ccc3-c3ccc4c(c31)C1(c3ccccc3-4)C3CC4CC(C3)C2C1C4. The molecular weight excluding hydrogens is 791 g/mol. The molecule has 0 radical (unpaired) electrons. The lowest BCUT2D eigenvalue weighted by Gasteiger charge is -2.69. The number of hydrogen-bond acceptors (Lipinski definition) is 3. The molecule has 304 valence electrons.